The maximum absolute atomic E-state index is 5.99. The van der Waals surface area contributed by atoms with Gasteiger partial charge in [0.05, 0.1) is 5.69 Å². The highest BCUT2D eigenvalue weighted by molar-refractivity contribution is 14.1. The van der Waals surface area contributed by atoms with Gasteiger partial charge in [-0.25, -0.2) is 0 Å². The summed E-state index contributed by atoms with van der Waals surface area (Å²) in [6.07, 6.45) is 0. The average molecular weight is 389 g/mol. The number of halogens is 2. The molecule has 0 unspecified atom stereocenters. The van der Waals surface area contributed by atoms with Crippen LogP contribution < -0.4 is 11.1 Å². The third kappa shape index (κ3) is 3.34. The minimum absolute atomic E-state index is 0.347. The van der Waals surface area contributed by atoms with Crippen LogP contribution in [0, 0.1) is 3.57 Å². The minimum Gasteiger partial charge on any atom is -0.389 e. The van der Waals surface area contributed by atoms with E-state index in [4.69, 9.17) is 29.6 Å². The van der Waals surface area contributed by atoms with Crippen molar-refractivity contribution in [2.45, 2.75) is 0 Å². The van der Waals surface area contributed by atoms with Crippen LogP contribution in [-0.4, -0.2) is 4.99 Å². The maximum atomic E-state index is 5.99. The summed E-state index contributed by atoms with van der Waals surface area (Å²) in [5, 5.41) is 3.92. The van der Waals surface area contributed by atoms with Crippen molar-refractivity contribution in [1.29, 1.82) is 0 Å². The SMILES string of the molecule is NC(=S)c1ccc(Cl)cc1Nc1cccc(I)c1. The standard InChI is InChI=1S/C13H10ClIN2S/c14-8-4-5-11(13(16)18)12(6-8)17-10-3-1-2-9(15)7-10/h1-7,17H,(H2,16,18). The summed E-state index contributed by atoms with van der Waals surface area (Å²) in [6.45, 7) is 0. The Hall–Kier alpha value is -0.850. The summed E-state index contributed by atoms with van der Waals surface area (Å²) in [5.74, 6) is 0. The third-order valence-corrected chi connectivity index (χ3v) is 3.48. The van der Waals surface area contributed by atoms with Gasteiger partial charge in [0.1, 0.15) is 4.99 Å². The van der Waals surface area contributed by atoms with Crippen molar-refractivity contribution in [3.8, 4) is 0 Å². The van der Waals surface area contributed by atoms with E-state index in [0.29, 0.717) is 10.0 Å². The molecule has 0 aliphatic heterocycles. The van der Waals surface area contributed by atoms with Crippen molar-refractivity contribution in [3.05, 3.63) is 56.6 Å². The van der Waals surface area contributed by atoms with Crippen LogP contribution in [0.4, 0.5) is 11.4 Å². The van der Waals surface area contributed by atoms with Crippen molar-refractivity contribution in [2.24, 2.45) is 5.73 Å². The number of rotatable bonds is 3. The van der Waals surface area contributed by atoms with Gasteiger partial charge in [-0.2, -0.15) is 0 Å². The molecule has 2 aromatic rings. The Kier molecular flexibility index (Phi) is 4.42. The highest BCUT2D eigenvalue weighted by atomic mass is 127. The summed E-state index contributed by atoms with van der Waals surface area (Å²) >= 11 is 13.3. The summed E-state index contributed by atoms with van der Waals surface area (Å²) in [4.78, 5) is 0.347. The van der Waals surface area contributed by atoms with Crippen LogP contribution in [-0.2, 0) is 0 Å². The number of nitrogens with one attached hydrogen (secondary N) is 1. The predicted molar refractivity (Wildman–Crippen MR) is 89.8 cm³/mol. The van der Waals surface area contributed by atoms with E-state index in [1.807, 2.05) is 36.4 Å². The Morgan fingerprint density at radius 2 is 2.00 bits per heavy atom. The van der Waals surface area contributed by atoms with E-state index >= 15 is 0 Å². The molecule has 18 heavy (non-hydrogen) atoms. The number of hydrogen-bond donors (Lipinski definition) is 2. The highest BCUT2D eigenvalue weighted by Gasteiger charge is 2.06. The average Bonchev–Trinajstić information content (AvgIpc) is 2.28. The number of thiocarbonyl (C=S) groups is 1. The van der Waals surface area contributed by atoms with Gasteiger partial charge in [-0.05, 0) is 59.0 Å². The molecule has 0 atom stereocenters. The first-order valence-corrected chi connectivity index (χ1v) is 7.05. The van der Waals surface area contributed by atoms with Gasteiger partial charge in [0, 0.05) is 19.8 Å². The van der Waals surface area contributed by atoms with Gasteiger partial charge in [0.2, 0.25) is 0 Å². The van der Waals surface area contributed by atoms with Crippen molar-refractivity contribution < 1.29 is 0 Å². The van der Waals surface area contributed by atoms with Gasteiger partial charge in [0.25, 0.3) is 0 Å². The molecule has 0 spiro atoms. The van der Waals surface area contributed by atoms with Gasteiger partial charge < -0.3 is 11.1 Å². The van der Waals surface area contributed by atoms with Gasteiger partial charge >= 0.3 is 0 Å². The normalized spacial score (nSPS) is 10.1. The quantitative estimate of drug-likeness (QED) is 0.607. The fourth-order valence-corrected chi connectivity index (χ4v) is 2.45. The molecule has 0 saturated heterocycles. The molecule has 92 valence electrons. The van der Waals surface area contributed by atoms with E-state index in [-0.39, 0.29) is 0 Å². The molecule has 3 N–H and O–H groups in total. The van der Waals surface area contributed by atoms with Gasteiger partial charge in [-0.15, -0.1) is 0 Å². The van der Waals surface area contributed by atoms with Gasteiger partial charge in [0.15, 0.2) is 0 Å². The van der Waals surface area contributed by atoms with Crippen molar-refractivity contribution in [2.75, 3.05) is 5.32 Å². The van der Waals surface area contributed by atoms with Gasteiger partial charge in [-0.3, -0.25) is 0 Å². The zero-order valence-corrected chi connectivity index (χ0v) is 13.0. The van der Waals surface area contributed by atoms with Crippen LogP contribution in [0.3, 0.4) is 0 Å². The predicted octanol–water partition coefficient (Wildman–Crippen LogP) is 4.32. The topological polar surface area (TPSA) is 38.0 Å². The van der Waals surface area contributed by atoms with Crippen LogP contribution in [0.5, 0.6) is 0 Å². The zero-order chi connectivity index (χ0) is 13.1. The molecule has 0 heterocycles. The van der Waals surface area contributed by atoms with Crippen LogP contribution in [0.25, 0.3) is 0 Å². The van der Waals surface area contributed by atoms with Crippen LogP contribution in [0.1, 0.15) is 5.56 Å². The molecule has 0 fully saturated rings. The maximum Gasteiger partial charge on any atom is 0.106 e. The molecule has 0 bridgehead atoms. The molecule has 0 saturated carbocycles. The van der Waals surface area contributed by atoms with Crippen molar-refractivity contribution in [1.82, 2.24) is 0 Å². The first-order chi connectivity index (χ1) is 8.56. The lowest BCUT2D eigenvalue weighted by Gasteiger charge is -2.12. The summed E-state index contributed by atoms with van der Waals surface area (Å²) in [6, 6.07) is 13.4. The summed E-state index contributed by atoms with van der Waals surface area (Å²) < 4.78 is 1.15. The molecule has 2 aromatic carbocycles. The number of anilines is 2. The smallest absolute Gasteiger partial charge is 0.106 e. The van der Waals surface area contributed by atoms with Crippen LogP contribution >= 0.6 is 46.4 Å². The Morgan fingerprint density at radius 3 is 2.67 bits per heavy atom. The molecule has 0 aliphatic rings. The van der Waals surface area contributed by atoms with E-state index < -0.39 is 0 Å². The molecule has 0 aromatic heterocycles. The first kappa shape index (κ1) is 13.6. The first-order valence-electron chi connectivity index (χ1n) is 5.18. The number of hydrogen-bond acceptors (Lipinski definition) is 2. The molecular weight excluding hydrogens is 379 g/mol. The van der Waals surface area contributed by atoms with E-state index in [0.717, 1.165) is 20.5 Å². The van der Waals surface area contributed by atoms with E-state index in [9.17, 15) is 0 Å². The Balaban J connectivity index is 2.39. The number of nitrogens with two attached hydrogens (primary N) is 1. The molecule has 2 rings (SSSR count). The fourth-order valence-electron chi connectivity index (χ4n) is 1.56. The largest absolute Gasteiger partial charge is 0.389 e. The second-order valence-corrected chi connectivity index (χ2v) is 5.81. The van der Waals surface area contributed by atoms with E-state index in [1.165, 1.54) is 0 Å². The second-order valence-electron chi connectivity index (χ2n) is 3.69. The van der Waals surface area contributed by atoms with Crippen molar-refractivity contribution in [3.63, 3.8) is 0 Å². The molecule has 0 amide bonds. The minimum atomic E-state index is 0.347. The monoisotopic (exact) mass is 388 g/mol. The Morgan fingerprint density at radius 1 is 1.22 bits per heavy atom. The third-order valence-electron chi connectivity index (χ3n) is 2.35. The lowest BCUT2D eigenvalue weighted by atomic mass is 10.1. The Bertz CT molecular complexity index is 601. The molecule has 2 nitrogen and oxygen atoms in total. The Labute approximate surface area is 130 Å². The van der Waals surface area contributed by atoms with Crippen LogP contribution in [0.15, 0.2) is 42.5 Å². The summed E-state index contributed by atoms with van der Waals surface area (Å²) in [7, 11) is 0. The molecular formula is C13H10ClIN2S. The lowest BCUT2D eigenvalue weighted by Crippen LogP contribution is -2.11. The fraction of sp³-hybridized carbons (Fsp3) is 0. The lowest BCUT2D eigenvalue weighted by molar-refractivity contribution is 1.51. The highest BCUT2D eigenvalue weighted by Crippen LogP contribution is 2.25. The van der Waals surface area contributed by atoms with E-state index in [1.54, 1.807) is 6.07 Å². The molecule has 5 heteroatoms. The van der Waals surface area contributed by atoms with E-state index in [2.05, 4.69) is 27.9 Å². The molecule has 0 radical (unpaired) electrons. The molecule has 0 aliphatic carbocycles. The number of benzene rings is 2. The van der Waals surface area contributed by atoms with Crippen molar-refractivity contribution >= 4 is 62.8 Å². The van der Waals surface area contributed by atoms with Gasteiger partial charge in [-0.1, -0.05) is 29.9 Å². The zero-order valence-electron chi connectivity index (χ0n) is 9.28. The second kappa shape index (κ2) is 5.86. The van der Waals surface area contributed by atoms with Crippen LogP contribution in [0.2, 0.25) is 5.02 Å². The summed E-state index contributed by atoms with van der Waals surface area (Å²) in [5.41, 5.74) is 8.27.